The van der Waals surface area contributed by atoms with Gasteiger partial charge in [-0.2, -0.15) is 0 Å². The van der Waals surface area contributed by atoms with Crippen molar-refractivity contribution in [1.82, 2.24) is 9.88 Å². The van der Waals surface area contributed by atoms with E-state index in [9.17, 15) is 4.79 Å². The van der Waals surface area contributed by atoms with E-state index >= 15 is 0 Å². The van der Waals surface area contributed by atoms with E-state index in [1.165, 1.54) is 16.5 Å². The fraction of sp³-hybridized carbons (Fsp3) is 0.550. The van der Waals surface area contributed by atoms with Crippen molar-refractivity contribution in [3.63, 3.8) is 0 Å². The van der Waals surface area contributed by atoms with Gasteiger partial charge in [0.2, 0.25) is 0 Å². The second kappa shape index (κ2) is 6.98. The number of ether oxygens (including phenoxy) is 1. The fourth-order valence-corrected chi connectivity index (χ4v) is 3.72. The van der Waals surface area contributed by atoms with E-state index in [4.69, 9.17) is 4.74 Å². The maximum absolute atomic E-state index is 13.0. The molecule has 0 saturated carbocycles. The Kier molecular flexibility index (Phi) is 4.95. The van der Waals surface area contributed by atoms with Crippen LogP contribution in [0.15, 0.2) is 12.1 Å². The lowest BCUT2D eigenvalue weighted by Crippen LogP contribution is -2.30. The van der Waals surface area contributed by atoms with Crippen molar-refractivity contribution >= 4 is 16.8 Å². The maximum atomic E-state index is 13.0. The van der Waals surface area contributed by atoms with E-state index < -0.39 is 0 Å². The first-order valence-electron chi connectivity index (χ1n) is 8.98. The van der Waals surface area contributed by atoms with Crippen LogP contribution >= 0.6 is 0 Å². The number of carbonyl (C=O) groups is 1. The third-order valence-corrected chi connectivity index (χ3v) is 5.11. The number of benzene rings is 1. The minimum absolute atomic E-state index is 0.125. The number of aromatic amines is 1. The molecule has 0 spiro atoms. The van der Waals surface area contributed by atoms with Crippen LogP contribution in [0.2, 0.25) is 0 Å². The number of carbonyl (C=O) groups excluding carboxylic acids is 1. The number of hydrogen-bond donors (Lipinski definition) is 1. The summed E-state index contributed by atoms with van der Waals surface area (Å²) >= 11 is 0. The van der Waals surface area contributed by atoms with Gasteiger partial charge >= 0.3 is 0 Å². The molecule has 4 heteroatoms. The van der Waals surface area contributed by atoms with Crippen LogP contribution < -0.4 is 0 Å². The third kappa shape index (κ3) is 3.07. The van der Waals surface area contributed by atoms with Gasteiger partial charge in [-0.05, 0) is 50.3 Å². The Morgan fingerprint density at radius 2 is 2.04 bits per heavy atom. The first kappa shape index (κ1) is 17.0. The number of rotatable bonds is 5. The Morgan fingerprint density at radius 3 is 2.75 bits per heavy atom. The number of nitrogens with one attached hydrogen (secondary N) is 1. The van der Waals surface area contributed by atoms with E-state index in [1.54, 1.807) is 0 Å². The first-order chi connectivity index (χ1) is 11.5. The Hall–Kier alpha value is -1.81. The van der Waals surface area contributed by atoms with Crippen LogP contribution in [-0.2, 0) is 4.74 Å². The van der Waals surface area contributed by atoms with Gasteiger partial charge in [-0.1, -0.05) is 19.1 Å². The fourth-order valence-electron chi connectivity index (χ4n) is 3.72. The lowest BCUT2D eigenvalue weighted by atomic mass is 10.0. The number of aromatic nitrogens is 1. The summed E-state index contributed by atoms with van der Waals surface area (Å²) in [5.74, 6) is 0.592. The summed E-state index contributed by atoms with van der Waals surface area (Å²) in [5, 5.41) is 1.19. The molecule has 0 aliphatic carbocycles. The molecule has 130 valence electrons. The maximum Gasteiger partial charge on any atom is 0.270 e. The van der Waals surface area contributed by atoms with Gasteiger partial charge in [-0.15, -0.1) is 0 Å². The Morgan fingerprint density at radius 1 is 1.29 bits per heavy atom. The van der Waals surface area contributed by atoms with Crippen molar-refractivity contribution in [2.45, 2.75) is 40.5 Å². The topological polar surface area (TPSA) is 45.3 Å². The molecular weight excluding hydrogens is 300 g/mol. The molecule has 24 heavy (non-hydrogen) atoms. The Balaban J connectivity index is 1.79. The zero-order valence-corrected chi connectivity index (χ0v) is 15.2. The summed E-state index contributed by atoms with van der Waals surface area (Å²) in [6.07, 6.45) is 2.08. The van der Waals surface area contributed by atoms with E-state index in [1.807, 2.05) is 4.90 Å². The van der Waals surface area contributed by atoms with Gasteiger partial charge in [0.25, 0.3) is 5.91 Å². The molecule has 1 fully saturated rings. The van der Waals surface area contributed by atoms with Crippen molar-refractivity contribution in [3.8, 4) is 0 Å². The minimum Gasteiger partial charge on any atom is -0.381 e. The van der Waals surface area contributed by atoms with E-state index in [-0.39, 0.29) is 5.91 Å². The van der Waals surface area contributed by atoms with Gasteiger partial charge in [0.15, 0.2) is 0 Å². The lowest BCUT2D eigenvalue weighted by Gasteiger charge is -2.16. The Bertz CT molecular complexity index is 748. The predicted octanol–water partition coefficient (Wildman–Crippen LogP) is 3.98. The summed E-state index contributed by atoms with van der Waals surface area (Å²) in [6.45, 7) is 11.6. The molecular formula is C20H28N2O2. The number of fused-ring (bicyclic) bond motifs is 1. The zero-order valence-electron chi connectivity index (χ0n) is 15.2. The highest BCUT2D eigenvalue weighted by Crippen LogP contribution is 2.29. The van der Waals surface area contributed by atoms with E-state index in [2.05, 4.69) is 44.8 Å². The number of aryl methyl sites for hydroxylation is 3. The largest absolute Gasteiger partial charge is 0.381 e. The predicted molar refractivity (Wildman–Crippen MR) is 97.6 cm³/mol. The molecule has 0 unspecified atom stereocenters. The summed E-state index contributed by atoms with van der Waals surface area (Å²) in [5.41, 5.74) is 5.32. The van der Waals surface area contributed by atoms with Gasteiger partial charge in [0.05, 0.1) is 6.61 Å². The molecule has 1 N–H and O–H groups in total. The molecule has 1 aliphatic rings. The molecule has 1 aromatic heterocycles. The molecule has 1 amide bonds. The van der Waals surface area contributed by atoms with Crippen LogP contribution in [0.3, 0.4) is 0 Å². The monoisotopic (exact) mass is 328 g/mol. The minimum atomic E-state index is 0.125. The van der Waals surface area contributed by atoms with Gasteiger partial charge in [0, 0.05) is 36.5 Å². The number of H-pyrrole nitrogens is 1. The van der Waals surface area contributed by atoms with Gasteiger partial charge in [-0.3, -0.25) is 4.79 Å². The molecule has 1 atom stereocenters. The number of hydrogen-bond acceptors (Lipinski definition) is 2. The second-order valence-corrected chi connectivity index (χ2v) is 7.06. The van der Waals surface area contributed by atoms with Crippen molar-refractivity contribution in [3.05, 3.63) is 34.5 Å². The lowest BCUT2D eigenvalue weighted by molar-refractivity contribution is 0.0749. The summed E-state index contributed by atoms with van der Waals surface area (Å²) < 4.78 is 5.66. The molecule has 2 heterocycles. The van der Waals surface area contributed by atoms with Crippen molar-refractivity contribution in [1.29, 1.82) is 0 Å². The van der Waals surface area contributed by atoms with Crippen LogP contribution in [-0.4, -0.2) is 42.1 Å². The van der Waals surface area contributed by atoms with Gasteiger partial charge in [0.1, 0.15) is 5.69 Å². The van der Waals surface area contributed by atoms with Crippen molar-refractivity contribution in [2.75, 3.05) is 26.3 Å². The van der Waals surface area contributed by atoms with Crippen LogP contribution in [0.4, 0.5) is 0 Å². The highest BCUT2D eigenvalue weighted by molar-refractivity contribution is 6.02. The molecule has 1 aromatic carbocycles. The molecule has 0 bridgehead atoms. The summed E-state index contributed by atoms with van der Waals surface area (Å²) in [7, 11) is 0. The summed E-state index contributed by atoms with van der Waals surface area (Å²) in [6, 6.07) is 4.24. The molecule has 1 aliphatic heterocycles. The molecule has 2 aromatic rings. The average molecular weight is 328 g/mol. The number of likely N-dealkylation sites (tertiary alicyclic amines) is 1. The molecule has 3 rings (SSSR count). The first-order valence-corrected chi connectivity index (χ1v) is 8.98. The summed E-state index contributed by atoms with van der Waals surface area (Å²) in [4.78, 5) is 18.4. The van der Waals surface area contributed by atoms with Gasteiger partial charge in [-0.25, -0.2) is 0 Å². The van der Waals surface area contributed by atoms with Crippen LogP contribution in [0, 0.1) is 26.7 Å². The Labute approximate surface area is 144 Å². The highest BCUT2D eigenvalue weighted by Gasteiger charge is 2.29. The third-order valence-electron chi connectivity index (χ3n) is 5.11. The standard InChI is InChI=1S/C20H28N2O2/c1-5-10-24-12-16-8-9-22(11-16)20(23)19-15(4)17-13(2)6-7-14(3)18(17)21-19/h6-7,16,21H,5,8-12H2,1-4H3/t16-/m1/s1. The van der Waals surface area contributed by atoms with Crippen LogP contribution in [0.1, 0.15) is 46.9 Å². The number of amides is 1. The second-order valence-electron chi connectivity index (χ2n) is 7.06. The molecule has 0 radical (unpaired) electrons. The zero-order chi connectivity index (χ0) is 17.3. The SMILES string of the molecule is CCCOC[C@@H]1CCN(C(=O)c2[nH]c3c(C)ccc(C)c3c2C)C1. The van der Waals surface area contributed by atoms with E-state index in [0.29, 0.717) is 5.92 Å². The van der Waals surface area contributed by atoms with Crippen LogP contribution in [0.25, 0.3) is 10.9 Å². The average Bonchev–Trinajstić information content (AvgIpc) is 3.16. The van der Waals surface area contributed by atoms with E-state index in [0.717, 1.165) is 55.9 Å². The van der Waals surface area contributed by atoms with Gasteiger partial charge < -0.3 is 14.6 Å². The number of nitrogens with zero attached hydrogens (tertiary/aromatic N) is 1. The normalized spacial score (nSPS) is 17.8. The smallest absolute Gasteiger partial charge is 0.270 e. The van der Waals surface area contributed by atoms with Crippen LogP contribution in [0.5, 0.6) is 0 Å². The molecule has 1 saturated heterocycles. The quantitative estimate of drug-likeness (QED) is 0.844. The van der Waals surface area contributed by atoms with Crippen molar-refractivity contribution < 1.29 is 9.53 Å². The van der Waals surface area contributed by atoms with Crippen molar-refractivity contribution in [2.24, 2.45) is 5.92 Å². The highest BCUT2D eigenvalue weighted by atomic mass is 16.5. The molecule has 4 nitrogen and oxygen atoms in total.